The molecule has 5 rings (SSSR count). The summed E-state index contributed by atoms with van der Waals surface area (Å²) in [6.07, 6.45) is 4.34. The van der Waals surface area contributed by atoms with Gasteiger partial charge in [0.25, 0.3) is 11.8 Å². The van der Waals surface area contributed by atoms with Gasteiger partial charge in [-0.15, -0.1) is 11.3 Å². The molecule has 1 aromatic heterocycles. The van der Waals surface area contributed by atoms with Crippen LogP contribution in [0.4, 0.5) is 4.79 Å². The molecule has 0 aromatic carbocycles. The number of aromatic nitrogens is 1. The number of hydrogen-bond donors (Lipinski definition) is 3. The van der Waals surface area contributed by atoms with Crippen LogP contribution in [-0.2, 0) is 4.79 Å². The highest BCUT2D eigenvalue weighted by Gasteiger charge is 2.59. The summed E-state index contributed by atoms with van der Waals surface area (Å²) in [7, 11) is 0. The second-order valence-corrected chi connectivity index (χ2v) is 9.94. The van der Waals surface area contributed by atoms with Crippen LogP contribution in [0.25, 0.3) is 0 Å². The minimum Gasteiger partial charge on any atom is -0.473 e. The normalized spacial score (nSPS) is 34.6. The van der Waals surface area contributed by atoms with E-state index in [9.17, 15) is 19.5 Å². The van der Waals surface area contributed by atoms with Gasteiger partial charge in [-0.05, 0) is 50.9 Å². The monoisotopic (exact) mass is 420 g/mol. The standard InChI is InChI=1S/C19H24N4O5S/c1-8(24)12-17(26)23(18(27)21-12)10-4-19(5-10)6-11(7-19)28-15-13(14(20)25)29-16(22-15)9-2-3-9/h8-12,24H,2-7H2,1H3,(H2,20,25)(H,21,27)/t8-,10-,11-,12?,19?/m1/s1. The van der Waals surface area contributed by atoms with Crippen molar-refractivity contribution in [1.29, 1.82) is 0 Å². The first-order valence-electron chi connectivity index (χ1n) is 10.1. The molecule has 29 heavy (non-hydrogen) atoms. The van der Waals surface area contributed by atoms with E-state index in [1.54, 1.807) is 0 Å². The minimum atomic E-state index is -0.912. The number of rotatable bonds is 6. The van der Waals surface area contributed by atoms with Gasteiger partial charge in [0.05, 0.1) is 6.10 Å². The molecule has 4 fully saturated rings. The van der Waals surface area contributed by atoms with Gasteiger partial charge >= 0.3 is 6.03 Å². The lowest BCUT2D eigenvalue weighted by Crippen LogP contribution is -2.60. The average molecular weight is 420 g/mol. The summed E-state index contributed by atoms with van der Waals surface area (Å²) in [4.78, 5) is 42.4. The summed E-state index contributed by atoms with van der Waals surface area (Å²) < 4.78 is 5.99. The number of aliphatic hydroxyl groups is 1. The largest absolute Gasteiger partial charge is 0.473 e. The van der Waals surface area contributed by atoms with Crippen molar-refractivity contribution in [2.24, 2.45) is 11.1 Å². The van der Waals surface area contributed by atoms with E-state index in [1.165, 1.54) is 23.2 Å². The van der Waals surface area contributed by atoms with E-state index in [0.717, 1.165) is 43.5 Å². The van der Waals surface area contributed by atoms with Gasteiger partial charge < -0.3 is 20.9 Å². The molecule has 3 aliphatic carbocycles. The van der Waals surface area contributed by atoms with Crippen molar-refractivity contribution in [2.45, 2.75) is 75.7 Å². The Morgan fingerprint density at radius 1 is 1.34 bits per heavy atom. The van der Waals surface area contributed by atoms with Gasteiger partial charge in [0, 0.05) is 12.0 Å². The summed E-state index contributed by atoms with van der Waals surface area (Å²) in [5.74, 6) is -0.0642. The predicted molar refractivity (Wildman–Crippen MR) is 103 cm³/mol. The van der Waals surface area contributed by atoms with Gasteiger partial charge in [-0.2, -0.15) is 0 Å². The second-order valence-electron chi connectivity index (χ2n) is 8.91. The van der Waals surface area contributed by atoms with Crippen LogP contribution in [0.15, 0.2) is 0 Å². The van der Waals surface area contributed by atoms with Crippen LogP contribution in [0.5, 0.6) is 5.88 Å². The first-order valence-corrected chi connectivity index (χ1v) is 10.9. The number of urea groups is 1. The molecule has 1 spiro atoms. The molecular weight excluding hydrogens is 396 g/mol. The van der Waals surface area contributed by atoms with Crippen LogP contribution >= 0.6 is 11.3 Å². The van der Waals surface area contributed by atoms with Gasteiger partial charge in [-0.1, -0.05) is 0 Å². The molecule has 4 N–H and O–H groups in total. The van der Waals surface area contributed by atoms with E-state index >= 15 is 0 Å². The number of carbonyl (C=O) groups is 3. The Kier molecular flexibility index (Phi) is 4.15. The van der Waals surface area contributed by atoms with E-state index in [0.29, 0.717) is 16.7 Å². The number of nitrogens with zero attached hydrogens (tertiary/aromatic N) is 2. The Morgan fingerprint density at radius 3 is 2.59 bits per heavy atom. The third-order valence-electron chi connectivity index (χ3n) is 6.55. The smallest absolute Gasteiger partial charge is 0.325 e. The molecule has 0 bridgehead atoms. The summed E-state index contributed by atoms with van der Waals surface area (Å²) in [6, 6.07) is -1.41. The van der Waals surface area contributed by atoms with Crippen LogP contribution in [0, 0.1) is 5.41 Å². The van der Waals surface area contributed by atoms with Gasteiger partial charge in [0.1, 0.15) is 17.2 Å². The van der Waals surface area contributed by atoms with Crippen molar-refractivity contribution in [3.8, 4) is 5.88 Å². The molecule has 2 heterocycles. The highest BCUT2D eigenvalue weighted by molar-refractivity contribution is 7.14. The Hall–Kier alpha value is -2.20. The average Bonchev–Trinajstić information content (AvgIpc) is 3.28. The minimum absolute atomic E-state index is 0.0310. The number of nitrogens with one attached hydrogen (secondary N) is 1. The lowest BCUT2D eigenvalue weighted by Gasteiger charge is -2.58. The summed E-state index contributed by atoms with van der Waals surface area (Å²) in [6.45, 7) is 1.50. The van der Waals surface area contributed by atoms with Crippen LogP contribution in [0.2, 0.25) is 0 Å². The zero-order chi connectivity index (χ0) is 20.5. The van der Waals surface area contributed by atoms with Crippen LogP contribution in [0.3, 0.4) is 0 Å². The Bertz CT molecular complexity index is 881. The molecule has 156 valence electrons. The van der Waals surface area contributed by atoms with Crippen molar-refractivity contribution < 1.29 is 24.2 Å². The van der Waals surface area contributed by atoms with Crippen molar-refractivity contribution in [2.75, 3.05) is 0 Å². The number of nitrogens with two attached hydrogens (primary N) is 1. The van der Waals surface area contributed by atoms with Gasteiger partial charge in [0.15, 0.2) is 4.88 Å². The lowest BCUT2D eigenvalue weighted by molar-refractivity contribution is -0.142. The molecule has 1 unspecified atom stereocenters. The summed E-state index contributed by atoms with van der Waals surface area (Å²) >= 11 is 1.33. The molecule has 4 aliphatic rings. The topological polar surface area (TPSA) is 135 Å². The first kappa shape index (κ1) is 18.8. The highest BCUT2D eigenvalue weighted by atomic mass is 32.1. The number of primary amides is 1. The fourth-order valence-corrected chi connectivity index (χ4v) is 5.87. The van der Waals surface area contributed by atoms with Crippen LogP contribution in [-0.4, -0.2) is 57.1 Å². The van der Waals surface area contributed by atoms with E-state index in [-0.39, 0.29) is 23.5 Å². The highest BCUT2D eigenvalue weighted by Crippen LogP contribution is 2.58. The zero-order valence-electron chi connectivity index (χ0n) is 16.1. The van der Waals surface area contributed by atoms with E-state index in [4.69, 9.17) is 10.5 Å². The summed E-state index contributed by atoms with van der Waals surface area (Å²) in [5, 5.41) is 13.1. The number of amides is 4. The molecule has 1 aromatic rings. The Morgan fingerprint density at radius 2 is 2.03 bits per heavy atom. The fraction of sp³-hybridized carbons (Fsp3) is 0.684. The van der Waals surface area contributed by atoms with Crippen molar-refractivity contribution in [3.05, 3.63) is 9.88 Å². The van der Waals surface area contributed by atoms with Crippen molar-refractivity contribution >= 4 is 29.2 Å². The van der Waals surface area contributed by atoms with E-state index in [2.05, 4.69) is 10.3 Å². The first-order chi connectivity index (χ1) is 13.8. The Balaban J connectivity index is 1.17. The quantitative estimate of drug-likeness (QED) is 0.590. The molecule has 0 radical (unpaired) electrons. The maximum atomic E-state index is 12.4. The van der Waals surface area contributed by atoms with Crippen LogP contribution in [0.1, 0.15) is 66.0 Å². The molecule has 4 amide bonds. The molecular formula is C19H24N4O5S. The molecule has 1 aliphatic heterocycles. The third kappa shape index (κ3) is 3.09. The number of thiazole rings is 1. The SMILES string of the molecule is C[C@@H](O)C1NC(=O)N([C@H]2CC3(C[C@H](Oc4nc(C5CC5)sc4C(N)=O)C3)C2)C1=O. The number of hydrogen-bond acceptors (Lipinski definition) is 7. The van der Waals surface area contributed by atoms with E-state index in [1.807, 2.05) is 0 Å². The Labute approximate surface area is 171 Å². The second kappa shape index (κ2) is 6.40. The molecule has 10 heteroatoms. The van der Waals surface area contributed by atoms with Crippen LogP contribution < -0.4 is 15.8 Å². The van der Waals surface area contributed by atoms with Crippen molar-refractivity contribution in [3.63, 3.8) is 0 Å². The van der Waals surface area contributed by atoms with Gasteiger partial charge in [-0.3, -0.25) is 14.5 Å². The number of imide groups is 1. The number of aliphatic hydroxyl groups excluding tert-OH is 1. The molecule has 3 saturated carbocycles. The molecule has 2 atom stereocenters. The summed E-state index contributed by atoms with van der Waals surface area (Å²) in [5.41, 5.74) is 5.55. The maximum absolute atomic E-state index is 12.4. The lowest BCUT2D eigenvalue weighted by atomic mass is 9.52. The number of ether oxygens (including phenoxy) is 1. The predicted octanol–water partition coefficient (Wildman–Crippen LogP) is 1.11. The maximum Gasteiger partial charge on any atom is 0.325 e. The van der Waals surface area contributed by atoms with Gasteiger partial charge in [0.2, 0.25) is 5.88 Å². The fourth-order valence-electron chi connectivity index (χ4n) is 4.85. The number of carbonyl (C=O) groups excluding carboxylic acids is 3. The van der Waals surface area contributed by atoms with Crippen molar-refractivity contribution in [1.82, 2.24) is 15.2 Å². The molecule has 9 nitrogen and oxygen atoms in total. The van der Waals surface area contributed by atoms with Gasteiger partial charge in [-0.25, -0.2) is 9.78 Å². The van der Waals surface area contributed by atoms with E-state index < -0.39 is 24.1 Å². The molecule has 1 saturated heterocycles. The zero-order valence-corrected chi connectivity index (χ0v) is 16.9. The third-order valence-corrected chi connectivity index (χ3v) is 7.76.